The Morgan fingerprint density at radius 2 is 1.73 bits per heavy atom. The minimum Gasteiger partial charge on any atom is -0.313 e. The van der Waals surface area contributed by atoms with E-state index in [1.165, 1.54) is 32.2 Å². The predicted molar refractivity (Wildman–Crippen MR) is 67.7 cm³/mol. The van der Waals surface area contributed by atoms with Crippen molar-refractivity contribution < 1.29 is 0 Å². The summed E-state index contributed by atoms with van der Waals surface area (Å²) < 4.78 is 0. The molecule has 0 unspecified atom stereocenters. The van der Waals surface area contributed by atoms with Gasteiger partial charge in [0, 0.05) is 24.5 Å². The van der Waals surface area contributed by atoms with Crippen LogP contribution in [0.15, 0.2) is 0 Å². The SMILES string of the molecule is CCN(CC)CCNC1CCC(Cl)CC1. The van der Waals surface area contributed by atoms with Gasteiger partial charge in [0.1, 0.15) is 0 Å². The quantitative estimate of drug-likeness (QED) is 0.708. The number of halogens is 1. The number of alkyl halides is 1. The monoisotopic (exact) mass is 232 g/mol. The molecule has 2 nitrogen and oxygen atoms in total. The molecular weight excluding hydrogens is 208 g/mol. The number of rotatable bonds is 6. The first kappa shape index (κ1) is 13.3. The van der Waals surface area contributed by atoms with Crippen LogP contribution in [0, 0.1) is 0 Å². The van der Waals surface area contributed by atoms with E-state index in [0.717, 1.165) is 25.7 Å². The van der Waals surface area contributed by atoms with Crippen molar-refractivity contribution in [3.63, 3.8) is 0 Å². The summed E-state index contributed by atoms with van der Waals surface area (Å²) in [5, 5.41) is 4.08. The van der Waals surface area contributed by atoms with Gasteiger partial charge in [-0.2, -0.15) is 0 Å². The largest absolute Gasteiger partial charge is 0.313 e. The first-order valence-electron chi connectivity index (χ1n) is 6.36. The molecule has 0 radical (unpaired) electrons. The van der Waals surface area contributed by atoms with Crippen LogP contribution in [0.4, 0.5) is 0 Å². The Morgan fingerprint density at radius 3 is 2.27 bits per heavy atom. The van der Waals surface area contributed by atoms with Crippen LogP contribution in [-0.4, -0.2) is 42.5 Å². The third-order valence-corrected chi connectivity index (χ3v) is 3.85. The summed E-state index contributed by atoms with van der Waals surface area (Å²) in [4.78, 5) is 2.46. The van der Waals surface area contributed by atoms with Gasteiger partial charge >= 0.3 is 0 Å². The van der Waals surface area contributed by atoms with Crippen molar-refractivity contribution in [2.75, 3.05) is 26.2 Å². The molecule has 0 heterocycles. The molecule has 1 fully saturated rings. The molecule has 0 aromatic heterocycles. The van der Waals surface area contributed by atoms with Gasteiger partial charge in [-0.1, -0.05) is 13.8 Å². The second-order valence-electron chi connectivity index (χ2n) is 4.43. The maximum Gasteiger partial charge on any atom is 0.0337 e. The third-order valence-electron chi connectivity index (χ3n) is 3.41. The average molecular weight is 233 g/mol. The van der Waals surface area contributed by atoms with Crippen LogP contribution >= 0.6 is 11.6 Å². The molecule has 1 N–H and O–H groups in total. The van der Waals surface area contributed by atoms with Crippen LogP contribution < -0.4 is 5.32 Å². The van der Waals surface area contributed by atoms with Crippen molar-refractivity contribution in [3.05, 3.63) is 0 Å². The molecular formula is C12H25ClN2. The Bertz CT molecular complexity index is 152. The first-order valence-corrected chi connectivity index (χ1v) is 6.79. The summed E-state index contributed by atoms with van der Waals surface area (Å²) in [6, 6.07) is 0.718. The molecule has 0 aromatic rings. The highest BCUT2D eigenvalue weighted by Crippen LogP contribution is 2.22. The van der Waals surface area contributed by atoms with E-state index in [9.17, 15) is 0 Å². The van der Waals surface area contributed by atoms with Gasteiger partial charge in [0.2, 0.25) is 0 Å². The summed E-state index contributed by atoms with van der Waals surface area (Å²) in [6.07, 6.45) is 4.88. The van der Waals surface area contributed by atoms with Crippen LogP contribution in [0.2, 0.25) is 0 Å². The fourth-order valence-corrected chi connectivity index (χ4v) is 2.48. The third kappa shape index (κ3) is 5.19. The lowest BCUT2D eigenvalue weighted by molar-refractivity contribution is 0.285. The van der Waals surface area contributed by atoms with E-state index in [-0.39, 0.29) is 0 Å². The van der Waals surface area contributed by atoms with E-state index in [0.29, 0.717) is 5.38 Å². The molecule has 1 saturated carbocycles. The molecule has 0 aliphatic heterocycles. The van der Waals surface area contributed by atoms with Gasteiger partial charge in [-0.25, -0.2) is 0 Å². The summed E-state index contributed by atoms with van der Waals surface area (Å²) >= 11 is 6.08. The average Bonchev–Trinajstić information content (AvgIpc) is 2.27. The van der Waals surface area contributed by atoms with Gasteiger partial charge in [0.05, 0.1) is 0 Å². The van der Waals surface area contributed by atoms with Crippen molar-refractivity contribution in [1.29, 1.82) is 0 Å². The zero-order valence-electron chi connectivity index (χ0n) is 10.1. The fourth-order valence-electron chi connectivity index (χ4n) is 2.22. The maximum atomic E-state index is 6.08. The summed E-state index contributed by atoms with van der Waals surface area (Å²) in [7, 11) is 0. The highest BCUT2D eigenvalue weighted by atomic mass is 35.5. The topological polar surface area (TPSA) is 15.3 Å². The Balaban J connectivity index is 2.04. The molecule has 1 rings (SSSR count). The molecule has 0 amide bonds. The minimum atomic E-state index is 0.436. The number of likely N-dealkylation sites (N-methyl/N-ethyl adjacent to an activating group) is 1. The van der Waals surface area contributed by atoms with E-state index in [4.69, 9.17) is 11.6 Å². The van der Waals surface area contributed by atoms with Gasteiger partial charge in [-0.3, -0.25) is 0 Å². The van der Waals surface area contributed by atoms with Gasteiger partial charge < -0.3 is 10.2 Å². The zero-order valence-corrected chi connectivity index (χ0v) is 10.9. The molecule has 90 valence electrons. The minimum absolute atomic E-state index is 0.436. The predicted octanol–water partition coefficient (Wildman–Crippen LogP) is 2.47. The van der Waals surface area contributed by atoms with Crippen molar-refractivity contribution in [3.8, 4) is 0 Å². The smallest absolute Gasteiger partial charge is 0.0337 e. The van der Waals surface area contributed by atoms with Gasteiger partial charge in [0.15, 0.2) is 0 Å². The van der Waals surface area contributed by atoms with E-state index < -0.39 is 0 Å². The highest BCUT2D eigenvalue weighted by Gasteiger charge is 2.18. The Morgan fingerprint density at radius 1 is 1.13 bits per heavy atom. The van der Waals surface area contributed by atoms with E-state index in [2.05, 4.69) is 24.1 Å². The number of nitrogens with zero attached hydrogens (tertiary/aromatic N) is 1. The van der Waals surface area contributed by atoms with Crippen molar-refractivity contribution in [1.82, 2.24) is 10.2 Å². The Kier molecular flexibility index (Phi) is 6.62. The molecule has 3 heteroatoms. The molecule has 0 spiro atoms. The Labute approximate surface area is 99.4 Å². The summed E-state index contributed by atoms with van der Waals surface area (Å²) in [5.41, 5.74) is 0. The van der Waals surface area contributed by atoms with Crippen LogP contribution in [0.25, 0.3) is 0 Å². The molecule has 1 aliphatic carbocycles. The Hall–Kier alpha value is 0.210. The van der Waals surface area contributed by atoms with Crippen molar-refractivity contribution >= 4 is 11.6 Å². The first-order chi connectivity index (χ1) is 7.26. The van der Waals surface area contributed by atoms with Crippen LogP contribution in [0.5, 0.6) is 0 Å². The van der Waals surface area contributed by atoms with E-state index in [1.807, 2.05) is 0 Å². The van der Waals surface area contributed by atoms with Crippen LogP contribution in [-0.2, 0) is 0 Å². The van der Waals surface area contributed by atoms with Gasteiger partial charge in [-0.05, 0) is 38.8 Å². The molecule has 0 aromatic carbocycles. The standard InChI is InChI=1S/C12H25ClN2/c1-3-15(4-2)10-9-14-12-7-5-11(13)6-8-12/h11-12,14H,3-10H2,1-2H3. The highest BCUT2D eigenvalue weighted by molar-refractivity contribution is 6.20. The molecule has 0 saturated heterocycles. The molecule has 0 bridgehead atoms. The van der Waals surface area contributed by atoms with E-state index in [1.54, 1.807) is 0 Å². The van der Waals surface area contributed by atoms with Crippen LogP contribution in [0.1, 0.15) is 39.5 Å². The fraction of sp³-hybridized carbons (Fsp3) is 1.00. The van der Waals surface area contributed by atoms with Gasteiger partial charge in [0.25, 0.3) is 0 Å². The number of nitrogens with one attached hydrogen (secondary N) is 1. The summed E-state index contributed by atoms with van der Waals surface area (Å²) in [6.45, 7) is 9.07. The zero-order chi connectivity index (χ0) is 11.1. The lowest BCUT2D eigenvalue weighted by atomic mass is 9.95. The van der Waals surface area contributed by atoms with Crippen molar-refractivity contribution in [2.45, 2.75) is 50.9 Å². The normalized spacial score (nSPS) is 27.2. The van der Waals surface area contributed by atoms with Gasteiger partial charge in [-0.15, -0.1) is 11.6 Å². The summed E-state index contributed by atoms with van der Waals surface area (Å²) in [5.74, 6) is 0. The second-order valence-corrected chi connectivity index (χ2v) is 5.05. The van der Waals surface area contributed by atoms with Crippen LogP contribution in [0.3, 0.4) is 0 Å². The lowest BCUT2D eigenvalue weighted by Gasteiger charge is -2.27. The van der Waals surface area contributed by atoms with Crippen molar-refractivity contribution in [2.24, 2.45) is 0 Å². The van der Waals surface area contributed by atoms with E-state index >= 15 is 0 Å². The maximum absolute atomic E-state index is 6.08. The number of hydrogen-bond acceptors (Lipinski definition) is 2. The second kappa shape index (κ2) is 7.48. The molecule has 15 heavy (non-hydrogen) atoms. The molecule has 1 aliphatic rings. The number of hydrogen-bond donors (Lipinski definition) is 1. The molecule has 0 atom stereocenters. The lowest BCUT2D eigenvalue weighted by Crippen LogP contribution is -2.39.